The van der Waals surface area contributed by atoms with Gasteiger partial charge in [-0.2, -0.15) is 0 Å². The van der Waals surface area contributed by atoms with Gasteiger partial charge in [0, 0.05) is 11.9 Å². The van der Waals surface area contributed by atoms with Crippen LogP contribution in [-0.2, 0) is 11.2 Å². The molecule has 0 spiro atoms. The van der Waals surface area contributed by atoms with Gasteiger partial charge in [0.2, 0.25) is 5.91 Å². The maximum Gasteiger partial charge on any atom is 0.224 e. The monoisotopic (exact) mass is 285 g/mol. The summed E-state index contributed by atoms with van der Waals surface area (Å²) >= 11 is 3.32. The number of ether oxygens (including phenoxy) is 1. The van der Waals surface area contributed by atoms with Crippen molar-refractivity contribution >= 4 is 21.8 Å². The molecule has 1 amide bonds. The van der Waals surface area contributed by atoms with Crippen LogP contribution >= 0.6 is 15.9 Å². The molecule has 3 nitrogen and oxygen atoms in total. The maximum atomic E-state index is 11.5. The molecule has 4 heteroatoms. The number of rotatable bonds is 6. The Hall–Kier alpha value is -1.03. The van der Waals surface area contributed by atoms with Crippen molar-refractivity contribution in [3.05, 3.63) is 29.8 Å². The minimum atomic E-state index is 0.0612. The molecule has 0 saturated heterocycles. The number of carbonyl (C=O) groups is 1. The average molecular weight is 286 g/mol. The fraction of sp³-hybridized carbons (Fsp3) is 0.417. The second-order valence-electron chi connectivity index (χ2n) is 3.42. The van der Waals surface area contributed by atoms with Crippen molar-refractivity contribution < 1.29 is 9.53 Å². The van der Waals surface area contributed by atoms with Crippen LogP contribution in [0.25, 0.3) is 0 Å². The van der Waals surface area contributed by atoms with Gasteiger partial charge in [0.1, 0.15) is 5.75 Å². The van der Waals surface area contributed by atoms with Crippen LogP contribution in [0.2, 0.25) is 0 Å². The van der Waals surface area contributed by atoms with E-state index < -0.39 is 0 Å². The van der Waals surface area contributed by atoms with Crippen molar-refractivity contribution in [2.75, 3.05) is 19.0 Å². The number of methoxy groups -OCH3 is 1. The van der Waals surface area contributed by atoms with Crippen LogP contribution in [0, 0.1) is 0 Å². The first kappa shape index (κ1) is 13.0. The summed E-state index contributed by atoms with van der Waals surface area (Å²) in [5.41, 5.74) is 0.997. The Morgan fingerprint density at radius 3 is 2.62 bits per heavy atom. The summed E-state index contributed by atoms with van der Waals surface area (Å²) in [5, 5.41) is 3.77. The summed E-state index contributed by atoms with van der Waals surface area (Å²) in [6.07, 6.45) is 1.38. The van der Waals surface area contributed by atoms with Gasteiger partial charge in [-0.25, -0.2) is 0 Å². The Labute approximate surface area is 104 Å². The molecule has 0 saturated carbocycles. The lowest BCUT2D eigenvalue weighted by atomic mass is 10.1. The van der Waals surface area contributed by atoms with Gasteiger partial charge in [0.15, 0.2) is 0 Å². The van der Waals surface area contributed by atoms with Crippen LogP contribution in [0.3, 0.4) is 0 Å². The SMILES string of the molecule is COc1ccc(CC(=O)NCCCBr)cc1. The van der Waals surface area contributed by atoms with E-state index in [9.17, 15) is 4.79 Å². The number of alkyl halides is 1. The standard InChI is InChI=1S/C12H16BrNO2/c1-16-11-5-3-10(4-6-11)9-12(15)14-8-2-7-13/h3-6H,2,7-9H2,1H3,(H,14,15). The Kier molecular flexibility index (Phi) is 5.93. The van der Waals surface area contributed by atoms with Gasteiger partial charge in [-0.1, -0.05) is 28.1 Å². The van der Waals surface area contributed by atoms with Crippen molar-refractivity contribution in [1.82, 2.24) is 5.32 Å². The number of nitrogens with one attached hydrogen (secondary N) is 1. The van der Waals surface area contributed by atoms with E-state index in [0.717, 1.165) is 29.6 Å². The fourth-order valence-electron chi connectivity index (χ4n) is 1.29. The van der Waals surface area contributed by atoms with Crippen molar-refractivity contribution in [3.63, 3.8) is 0 Å². The van der Waals surface area contributed by atoms with Gasteiger partial charge in [0.25, 0.3) is 0 Å². The van der Waals surface area contributed by atoms with Crippen LogP contribution in [0.4, 0.5) is 0 Å². The summed E-state index contributed by atoms with van der Waals surface area (Å²) in [4.78, 5) is 11.5. The van der Waals surface area contributed by atoms with E-state index in [4.69, 9.17) is 4.74 Å². The maximum absolute atomic E-state index is 11.5. The molecule has 0 radical (unpaired) electrons. The number of halogens is 1. The highest BCUT2D eigenvalue weighted by molar-refractivity contribution is 9.09. The lowest BCUT2D eigenvalue weighted by molar-refractivity contribution is -0.120. The Balaban J connectivity index is 2.37. The van der Waals surface area contributed by atoms with Crippen molar-refractivity contribution in [2.45, 2.75) is 12.8 Å². The predicted octanol–water partition coefficient (Wildman–Crippen LogP) is 2.14. The highest BCUT2D eigenvalue weighted by atomic mass is 79.9. The van der Waals surface area contributed by atoms with Gasteiger partial charge in [-0.3, -0.25) is 4.79 Å². The van der Waals surface area contributed by atoms with Crippen molar-refractivity contribution in [1.29, 1.82) is 0 Å². The first-order valence-electron chi connectivity index (χ1n) is 5.22. The quantitative estimate of drug-likeness (QED) is 0.642. The molecule has 0 aliphatic rings. The van der Waals surface area contributed by atoms with E-state index in [1.807, 2.05) is 24.3 Å². The van der Waals surface area contributed by atoms with Crippen molar-refractivity contribution in [3.8, 4) is 5.75 Å². The highest BCUT2D eigenvalue weighted by Gasteiger charge is 2.02. The minimum absolute atomic E-state index is 0.0612. The van der Waals surface area contributed by atoms with Gasteiger partial charge in [-0.05, 0) is 24.1 Å². The topological polar surface area (TPSA) is 38.3 Å². The number of hydrogen-bond donors (Lipinski definition) is 1. The van der Waals surface area contributed by atoms with E-state index >= 15 is 0 Å². The van der Waals surface area contributed by atoms with Gasteiger partial charge in [-0.15, -0.1) is 0 Å². The molecule has 0 unspecified atom stereocenters. The molecule has 16 heavy (non-hydrogen) atoms. The minimum Gasteiger partial charge on any atom is -0.497 e. The zero-order valence-corrected chi connectivity index (χ0v) is 10.9. The Morgan fingerprint density at radius 2 is 2.06 bits per heavy atom. The molecule has 0 heterocycles. The first-order chi connectivity index (χ1) is 7.76. The molecule has 1 N–H and O–H groups in total. The third kappa shape index (κ3) is 4.66. The average Bonchev–Trinajstić information content (AvgIpc) is 2.30. The summed E-state index contributed by atoms with van der Waals surface area (Å²) in [6, 6.07) is 7.54. The molecule has 0 fully saturated rings. The zero-order chi connectivity index (χ0) is 11.8. The van der Waals surface area contributed by atoms with Crippen LogP contribution in [0.15, 0.2) is 24.3 Å². The molecular formula is C12H16BrNO2. The second kappa shape index (κ2) is 7.28. The lowest BCUT2D eigenvalue weighted by Gasteiger charge is -2.05. The largest absolute Gasteiger partial charge is 0.497 e. The third-order valence-electron chi connectivity index (χ3n) is 2.16. The first-order valence-corrected chi connectivity index (χ1v) is 6.34. The van der Waals surface area contributed by atoms with Gasteiger partial charge in [0.05, 0.1) is 13.5 Å². The van der Waals surface area contributed by atoms with Crippen LogP contribution in [0.5, 0.6) is 5.75 Å². The Bertz CT molecular complexity index is 324. The van der Waals surface area contributed by atoms with E-state index in [2.05, 4.69) is 21.2 Å². The lowest BCUT2D eigenvalue weighted by Crippen LogP contribution is -2.26. The molecule has 1 aromatic carbocycles. The molecule has 0 aromatic heterocycles. The van der Waals surface area contributed by atoms with Crippen molar-refractivity contribution in [2.24, 2.45) is 0 Å². The number of amides is 1. The molecule has 1 rings (SSSR count). The zero-order valence-electron chi connectivity index (χ0n) is 9.33. The Morgan fingerprint density at radius 1 is 1.38 bits per heavy atom. The van der Waals surface area contributed by atoms with E-state index in [0.29, 0.717) is 6.42 Å². The van der Waals surface area contributed by atoms with E-state index in [1.54, 1.807) is 7.11 Å². The van der Waals surface area contributed by atoms with E-state index in [-0.39, 0.29) is 5.91 Å². The fourth-order valence-corrected chi connectivity index (χ4v) is 1.57. The summed E-state index contributed by atoms with van der Waals surface area (Å²) in [6.45, 7) is 0.722. The smallest absolute Gasteiger partial charge is 0.224 e. The summed E-state index contributed by atoms with van der Waals surface area (Å²) in [5.74, 6) is 0.870. The summed E-state index contributed by atoms with van der Waals surface area (Å²) < 4.78 is 5.05. The second-order valence-corrected chi connectivity index (χ2v) is 4.21. The number of benzene rings is 1. The third-order valence-corrected chi connectivity index (χ3v) is 2.72. The molecule has 1 aromatic rings. The van der Waals surface area contributed by atoms with Crippen LogP contribution < -0.4 is 10.1 Å². The highest BCUT2D eigenvalue weighted by Crippen LogP contribution is 2.11. The predicted molar refractivity (Wildman–Crippen MR) is 68.1 cm³/mol. The normalized spacial score (nSPS) is 9.88. The van der Waals surface area contributed by atoms with Crippen LogP contribution in [0.1, 0.15) is 12.0 Å². The molecule has 0 atom stereocenters. The number of carbonyl (C=O) groups excluding carboxylic acids is 1. The molecular weight excluding hydrogens is 270 g/mol. The summed E-state index contributed by atoms with van der Waals surface area (Å²) in [7, 11) is 1.63. The van der Waals surface area contributed by atoms with Crippen LogP contribution in [-0.4, -0.2) is 24.9 Å². The molecule has 0 aliphatic heterocycles. The van der Waals surface area contributed by atoms with Gasteiger partial charge >= 0.3 is 0 Å². The number of hydrogen-bond acceptors (Lipinski definition) is 2. The molecule has 88 valence electrons. The molecule has 0 aliphatic carbocycles. The van der Waals surface area contributed by atoms with Gasteiger partial charge < -0.3 is 10.1 Å². The van der Waals surface area contributed by atoms with E-state index in [1.165, 1.54) is 0 Å². The molecule has 0 bridgehead atoms.